The van der Waals surface area contributed by atoms with E-state index in [1.54, 1.807) is 11.3 Å². The number of thioether (sulfide) groups is 1. The molecule has 2 unspecified atom stereocenters. The van der Waals surface area contributed by atoms with E-state index in [1.165, 1.54) is 40.4 Å². The molecule has 0 bridgehead atoms. The summed E-state index contributed by atoms with van der Waals surface area (Å²) in [6.07, 6.45) is 8.71. The lowest BCUT2D eigenvalue weighted by Crippen LogP contribution is -2.42. The molecule has 148 valence electrons. The molecular weight excluding hydrogens is 390 g/mol. The van der Waals surface area contributed by atoms with E-state index in [0.717, 1.165) is 53.8 Å². The summed E-state index contributed by atoms with van der Waals surface area (Å²) < 4.78 is 1.96. The van der Waals surface area contributed by atoms with Gasteiger partial charge in [0, 0.05) is 17.5 Å². The molecule has 6 nitrogen and oxygen atoms in total. The van der Waals surface area contributed by atoms with E-state index in [-0.39, 0.29) is 5.91 Å². The fourth-order valence-electron chi connectivity index (χ4n) is 4.50. The maximum atomic E-state index is 12.7. The molecule has 0 radical (unpaired) electrons. The van der Waals surface area contributed by atoms with Gasteiger partial charge in [0.05, 0.1) is 11.1 Å². The molecule has 3 aromatic heterocycles. The average Bonchev–Trinajstić information content (AvgIpc) is 3.26. The smallest absolute Gasteiger partial charge is 0.233 e. The Kier molecular flexibility index (Phi) is 4.79. The Morgan fingerprint density at radius 3 is 3.04 bits per heavy atom. The van der Waals surface area contributed by atoms with Crippen molar-refractivity contribution in [1.82, 2.24) is 24.5 Å². The van der Waals surface area contributed by atoms with Crippen LogP contribution in [0.15, 0.2) is 11.5 Å². The van der Waals surface area contributed by atoms with Crippen molar-refractivity contribution >= 4 is 44.9 Å². The van der Waals surface area contributed by atoms with Gasteiger partial charge in [0.15, 0.2) is 10.8 Å². The monoisotopic (exact) mass is 415 g/mol. The number of fused-ring (bicyclic) bond motifs is 5. The van der Waals surface area contributed by atoms with Crippen LogP contribution in [0.3, 0.4) is 0 Å². The van der Waals surface area contributed by atoms with E-state index in [4.69, 9.17) is 4.98 Å². The molecule has 4 heterocycles. The summed E-state index contributed by atoms with van der Waals surface area (Å²) in [6, 6.07) is 0.345. The highest BCUT2D eigenvalue weighted by Crippen LogP contribution is 2.39. The van der Waals surface area contributed by atoms with Crippen LogP contribution >= 0.6 is 23.1 Å². The van der Waals surface area contributed by atoms with Crippen molar-refractivity contribution in [2.45, 2.75) is 63.6 Å². The van der Waals surface area contributed by atoms with Crippen LogP contribution in [-0.2, 0) is 17.6 Å². The third-order valence-electron chi connectivity index (χ3n) is 6.12. The number of aromatic nitrogens is 4. The second-order valence-corrected chi connectivity index (χ2v) is 10.2. The first-order valence-corrected chi connectivity index (χ1v) is 12.0. The molecule has 3 aromatic rings. The van der Waals surface area contributed by atoms with Gasteiger partial charge < -0.3 is 4.90 Å². The van der Waals surface area contributed by atoms with Gasteiger partial charge in [-0.3, -0.25) is 9.20 Å². The van der Waals surface area contributed by atoms with E-state index in [0.29, 0.717) is 11.8 Å². The zero-order valence-corrected chi connectivity index (χ0v) is 18.0. The highest BCUT2D eigenvalue weighted by Gasteiger charge is 2.25. The lowest BCUT2D eigenvalue weighted by molar-refractivity contribution is -0.131. The average molecular weight is 416 g/mol. The molecule has 0 N–H and O–H groups in total. The first-order valence-electron chi connectivity index (χ1n) is 10.2. The molecule has 5 rings (SSSR count). The molecule has 28 heavy (non-hydrogen) atoms. The second-order valence-electron chi connectivity index (χ2n) is 8.17. The predicted molar refractivity (Wildman–Crippen MR) is 113 cm³/mol. The number of carbonyl (C=O) groups is 1. The lowest BCUT2D eigenvalue weighted by atomic mass is 9.89. The topological polar surface area (TPSA) is 63.4 Å². The Balaban J connectivity index is 1.42. The molecule has 1 aliphatic carbocycles. The van der Waals surface area contributed by atoms with Crippen molar-refractivity contribution in [3.05, 3.63) is 16.8 Å². The summed E-state index contributed by atoms with van der Waals surface area (Å²) in [5.41, 5.74) is 2.30. The molecule has 1 fully saturated rings. The summed E-state index contributed by atoms with van der Waals surface area (Å²) in [7, 11) is 0. The SMILES string of the molecule is CC1CCc2c(sc3ncn4c(SCC(=O)N5CCCCC5C)nnc4c23)C1. The van der Waals surface area contributed by atoms with Gasteiger partial charge in [-0.05, 0) is 56.9 Å². The number of thiophene rings is 1. The van der Waals surface area contributed by atoms with Crippen LogP contribution in [0.25, 0.3) is 15.9 Å². The largest absolute Gasteiger partial charge is 0.339 e. The fraction of sp³-hybridized carbons (Fsp3) is 0.600. The van der Waals surface area contributed by atoms with Crippen molar-refractivity contribution < 1.29 is 4.79 Å². The fourth-order valence-corrected chi connectivity index (χ4v) is 6.63. The van der Waals surface area contributed by atoms with Gasteiger partial charge in [0.2, 0.25) is 5.91 Å². The van der Waals surface area contributed by atoms with E-state index in [2.05, 4.69) is 24.0 Å². The van der Waals surface area contributed by atoms with Crippen molar-refractivity contribution in [3.8, 4) is 0 Å². The molecule has 1 amide bonds. The van der Waals surface area contributed by atoms with Crippen LogP contribution in [0, 0.1) is 5.92 Å². The minimum atomic E-state index is 0.199. The third kappa shape index (κ3) is 3.10. The number of hydrogen-bond donors (Lipinski definition) is 0. The first-order chi connectivity index (χ1) is 13.6. The zero-order valence-electron chi connectivity index (χ0n) is 16.3. The van der Waals surface area contributed by atoms with Crippen molar-refractivity contribution in [2.24, 2.45) is 5.92 Å². The molecule has 0 spiro atoms. The Morgan fingerprint density at radius 2 is 2.18 bits per heavy atom. The minimum absolute atomic E-state index is 0.199. The van der Waals surface area contributed by atoms with Crippen molar-refractivity contribution in [3.63, 3.8) is 0 Å². The molecule has 8 heteroatoms. The maximum absolute atomic E-state index is 12.7. The molecule has 2 atom stereocenters. The number of aryl methyl sites for hydroxylation is 1. The lowest BCUT2D eigenvalue weighted by Gasteiger charge is -2.33. The van der Waals surface area contributed by atoms with Gasteiger partial charge in [-0.15, -0.1) is 21.5 Å². The van der Waals surface area contributed by atoms with Crippen LogP contribution < -0.4 is 0 Å². The Hall–Kier alpha value is -1.67. The quantitative estimate of drug-likeness (QED) is 0.606. The number of carbonyl (C=O) groups excluding carboxylic acids is 1. The zero-order chi connectivity index (χ0) is 19.3. The predicted octanol–water partition coefficient (Wildman–Crippen LogP) is 3.96. The summed E-state index contributed by atoms with van der Waals surface area (Å²) in [5.74, 6) is 1.34. The van der Waals surface area contributed by atoms with Gasteiger partial charge in [0.1, 0.15) is 11.2 Å². The summed E-state index contributed by atoms with van der Waals surface area (Å²) in [4.78, 5) is 21.9. The molecule has 1 aliphatic heterocycles. The van der Waals surface area contributed by atoms with E-state index >= 15 is 0 Å². The Bertz CT molecular complexity index is 1040. The van der Waals surface area contributed by atoms with Crippen LogP contribution in [0.5, 0.6) is 0 Å². The Labute approximate surface area is 172 Å². The van der Waals surface area contributed by atoms with Crippen LogP contribution in [0.4, 0.5) is 0 Å². The molecule has 1 saturated heterocycles. The van der Waals surface area contributed by atoms with Gasteiger partial charge in [-0.1, -0.05) is 18.7 Å². The number of likely N-dealkylation sites (tertiary alicyclic amines) is 1. The maximum Gasteiger partial charge on any atom is 0.233 e. The highest BCUT2D eigenvalue weighted by atomic mass is 32.2. The number of hydrogen-bond acceptors (Lipinski definition) is 6. The van der Waals surface area contributed by atoms with Crippen molar-refractivity contribution in [2.75, 3.05) is 12.3 Å². The number of nitrogens with zero attached hydrogens (tertiary/aromatic N) is 5. The van der Waals surface area contributed by atoms with Crippen molar-refractivity contribution in [1.29, 1.82) is 0 Å². The molecular formula is C20H25N5OS2. The van der Waals surface area contributed by atoms with Crippen LogP contribution in [0.1, 0.15) is 50.0 Å². The highest BCUT2D eigenvalue weighted by molar-refractivity contribution is 7.99. The van der Waals surface area contributed by atoms with E-state index in [1.807, 2.05) is 15.6 Å². The normalized spacial score (nSPS) is 22.7. The third-order valence-corrected chi connectivity index (χ3v) is 8.21. The van der Waals surface area contributed by atoms with E-state index < -0.39 is 0 Å². The molecule has 0 aromatic carbocycles. The molecule has 2 aliphatic rings. The van der Waals surface area contributed by atoms with Gasteiger partial charge in [0.25, 0.3) is 0 Å². The van der Waals surface area contributed by atoms with Crippen LogP contribution in [0.2, 0.25) is 0 Å². The number of amides is 1. The van der Waals surface area contributed by atoms with Crippen LogP contribution in [-0.4, -0.2) is 48.7 Å². The number of rotatable bonds is 3. The minimum Gasteiger partial charge on any atom is -0.339 e. The van der Waals surface area contributed by atoms with E-state index in [9.17, 15) is 4.79 Å². The summed E-state index contributed by atoms with van der Waals surface area (Å²) in [6.45, 7) is 5.35. The summed E-state index contributed by atoms with van der Waals surface area (Å²) >= 11 is 3.28. The summed E-state index contributed by atoms with van der Waals surface area (Å²) in [5, 5.41) is 10.8. The first kappa shape index (κ1) is 18.4. The molecule has 0 saturated carbocycles. The van der Waals surface area contributed by atoms with Gasteiger partial charge in [-0.25, -0.2) is 4.98 Å². The standard InChI is InChI=1S/C20H25N5OS2/c1-12-6-7-14-15(9-12)28-19-17(14)18-22-23-20(25(18)11-21-19)27-10-16(26)24-8-4-3-5-13(24)2/h11-13H,3-10H2,1-2H3. The Morgan fingerprint density at radius 1 is 1.29 bits per heavy atom. The second kappa shape index (κ2) is 7.30. The van der Waals surface area contributed by atoms with Gasteiger partial charge >= 0.3 is 0 Å². The van der Waals surface area contributed by atoms with Gasteiger partial charge in [-0.2, -0.15) is 0 Å². The number of piperidine rings is 1.